The molecule has 0 aliphatic rings. The molecule has 3 aromatic rings. The van der Waals surface area contributed by atoms with Crippen molar-refractivity contribution in [3.8, 4) is 0 Å². The molecule has 0 saturated heterocycles. The van der Waals surface area contributed by atoms with Crippen molar-refractivity contribution in [1.82, 2.24) is 14.9 Å². The summed E-state index contributed by atoms with van der Waals surface area (Å²) in [5.41, 5.74) is 1.90. The molecule has 0 fully saturated rings. The molecule has 0 spiro atoms. The number of aryl methyl sites for hydroxylation is 1. The third-order valence-electron chi connectivity index (χ3n) is 4.03. The van der Waals surface area contributed by atoms with Crippen LogP contribution in [0.1, 0.15) is 17.1 Å². The van der Waals surface area contributed by atoms with Crippen LogP contribution in [0, 0.1) is 12.7 Å². The number of carbonyl (C=O) groups is 1. The molecule has 1 heterocycles. The number of hydrogen-bond acceptors (Lipinski definition) is 3. The number of likely N-dealkylation sites (N-methyl/N-ethyl adjacent to an activating group) is 1. The van der Waals surface area contributed by atoms with Crippen molar-refractivity contribution >= 4 is 28.4 Å². The van der Waals surface area contributed by atoms with Gasteiger partial charge in [0.15, 0.2) is 0 Å². The lowest BCUT2D eigenvalue weighted by Gasteiger charge is -2.17. The minimum Gasteiger partial charge on any atom is -0.338 e. The van der Waals surface area contributed by atoms with Crippen LogP contribution in [0.15, 0.2) is 42.5 Å². The maximum atomic E-state index is 13.8. The zero-order valence-electron chi connectivity index (χ0n) is 14.0. The van der Waals surface area contributed by atoms with Crippen LogP contribution in [0.3, 0.4) is 0 Å². The molecule has 0 aliphatic heterocycles. The minimum atomic E-state index is -0.480. The normalized spacial score (nSPS) is 10.9. The predicted molar refractivity (Wildman–Crippen MR) is 95.9 cm³/mol. The number of benzene rings is 2. The molecule has 3 rings (SSSR count). The molecule has 128 valence electrons. The second kappa shape index (κ2) is 7.15. The van der Waals surface area contributed by atoms with E-state index in [0.717, 1.165) is 16.6 Å². The van der Waals surface area contributed by atoms with Crippen LogP contribution in [0.4, 0.5) is 4.39 Å². The maximum absolute atomic E-state index is 13.8. The third-order valence-corrected chi connectivity index (χ3v) is 4.39. The van der Waals surface area contributed by atoms with Crippen LogP contribution in [0.2, 0.25) is 5.02 Å². The van der Waals surface area contributed by atoms with Gasteiger partial charge in [0.05, 0.1) is 18.5 Å². The van der Waals surface area contributed by atoms with E-state index in [4.69, 9.17) is 11.6 Å². The molecular weight excluding hydrogens is 341 g/mol. The number of hydrogen-bond donors (Lipinski definition) is 0. The number of fused-ring (bicyclic) bond motifs is 1. The highest BCUT2D eigenvalue weighted by atomic mass is 35.5. The molecule has 1 aromatic heterocycles. The van der Waals surface area contributed by atoms with Crippen LogP contribution in [0.25, 0.3) is 10.9 Å². The SMILES string of the molecule is Cc1nc(CN(C)C(=O)Cc2c(F)cccc2Cl)nc2ccccc12. The topological polar surface area (TPSA) is 46.1 Å². The van der Waals surface area contributed by atoms with Gasteiger partial charge in [-0.1, -0.05) is 35.9 Å². The third kappa shape index (κ3) is 3.77. The Morgan fingerprint density at radius 1 is 1.16 bits per heavy atom. The number of nitrogens with zero attached hydrogens (tertiary/aromatic N) is 3. The van der Waals surface area contributed by atoms with E-state index in [2.05, 4.69) is 9.97 Å². The summed E-state index contributed by atoms with van der Waals surface area (Å²) in [7, 11) is 1.64. The van der Waals surface area contributed by atoms with E-state index >= 15 is 0 Å². The van der Waals surface area contributed by atoms with Crippen molar-refractivity contribution in [2.75, 3.05) is 7.05 Å². The summed E-state index contributed by atoms with van der Waals surface area (Å²) in [5, 5.41) is 1.23. The Balaban J connectivity index is 1.78. The van der Waals surface area contributed by atoms with Crippen molar-refractivity contribution in [1.29, 1.82) is 0 Å². The minimum absolute atomic E-state index is 0.103. The summed E-state index contributed by atoms with van der Waals surface area (Å²) in [6.45, 7) is 2.16. The Kier molecular flexibility index (Phi) is 4.95. The van der Waals surface area contributed by atoms with Gasteiger partial charge in [0.2, 0.25) is 5.91 Å². The molecule has 0 aliphatic carbocycles. The Morgan fingerprint density at radius 2 is 1.92 bits per heavy atom. The highest BCUT2D eigenvalue weighted by Crippen LogP contribution is 2.20. The van der Waals surface area contributed by atoms with Gasteiger partial charge in [-0.15, -0.1) is 0 Å². The molecule has 4 nitrogen and oxygen atoms in total. The molecule has 0 atom stereocenters. The number of para-hydroxylation sites is 1. The molecule has 2 aromatic carbocycles. The summed E-state index contributed by atoms with van der Waals surface area (Å²) in [4.78, 5) is 22.8. The monoisotopic (exact) mass is 357 g/mol. The smallest absolute Gasteiger partial charge is 0.227 e. The quantitative estimate of drug-likeness (QED) is 0.710. The summed E-state index contributed by atoms with van der Waals surface area (Å²) in [6.07, 6.45) is -0.103. The zero-order valence-corrected chi connectivity index (χ0v) is 14.7. The molecule has 0 bridgehead atoms. The first-order valence-corrected chi connectivity index (χ1v) is 8.22. The first kappa shape index (κ1) is 17.3. The number of aromatic nitrogens is 2. The highest BCUT2D eigenvalue weighted by Gasteiger charge is 2.16. The fourth-order valence-corrected chi connectivity index (χ4v) is 2.88. The molecule has 0 unspecified atom stereocenters. The lowest BCUT2D eigenvalue weighted by atomic mass is 10.1. The first-order chi connectivity index (χ1) is 12.0. The van der Waals surface area contributed by atoms with E-state index in [1.54, 1.807) is 13.1 Å². The average molecular weight is 358 g/mol. The van der Waals surface area contributed by atoms with Crippen molar-refractivity contribution in [3.05, 3.63) is 70.4 Å². The standard InChI is InChI=1S/C19H17ClFN3O/c1-12-13-6-3-4-9-17(13)23-18(22-12)11-24(2)19(25)10-14-15(20)7-5-8-16(14)21/h3-9H,10-11H2,1-2H3. The molecule has 1 amide bonds. The molecular formula is C19H17ClFN3O. The summed E-state index contributed by atoms with van der Waals surface area (Å²) in [5.74, 6) is -0.180. The van der Waals surface area contributed by atoms with Crippen molar-refractivity contribution in [2.45, 2.75) is 19.9 Å². The van der Waals surface area contributed by atoms with E-state index < -0.39 is 5.82 Å². The fraction of sp³-hybridized carbons (Fsp3) is 0.211. The fourth-order valence-electron chi connectivity index (χ4n) is 2.65. The van der Waals surface area contributed by atoms with Gasteiger partial charge in [0, 0.05) is 28.7 Å². The second-order valence-corrected chi connectivity index (χ2v) is 6.28. The number of amides is 1. The summed E-state index contributed by atoms with van der Waals surface area (Å²) >= 11 is 5.99. The lowest BCUT2D eigenvalue weighted by molar-refractivity contribution is -0.129. The van der Waals surface area contributed by atoms with Crippen molar-refractivity contribution in [3.63, 3.8) is 0 Å². The van der Waals surface area contributed by atoms with Gasteiger partial charge < -0.3 is 4.90 Å². The lowest BCUT2D eigenvalue weighted by Crippen LogP contribution is -2.29. The van der Waals surface area contributed by atoms with Gasteiger partial charge in [-0.05, 0) is 25.1 Å². The van der Waals surface area contributed by atoms with Gasteiger partial charge >= 0.3 is 0 Å². The average Bonchev–Trinajstić information content (AvgIpc) is 2.58. The molecule has 0 N–H and O–H groups in total. The summed E-state index contributed by atoms with van der Waals surface area (Å²) < 4.78 is 13.8. The van der Waals surface area contributed by atoms with Crippen molar-refractivity contribution < 1.29 is 9.18 Å². The molecule has 6 heteroatoms. The van der Waals surface area contributed by atoms with Crippen molar-refractivity contribution in [2.24, 2.45) is 0 Å². The number of rotatable bonds is 4. The van der Waals surface area contributed by atoms with Gasteiger partial charge in [-0.2, -0.15) is 0 Å². The van der Waals surface area contributed by atoms with Gasteiger partial charge in [-0.25, -0.2) is 14.4 Å². The molecule has 0 radical (unpaired) electrons. The van der Waals surface area contributed by atoms with Gasteiger partial charge in [-0.3, -0.25) is 4.79 Å². The molecule has 0 saturated carbocycles. The summed E-state index contributed by atoms with van der Waals surface area (Å²) in [6, 6.07) is 12.1. The van der Waals surface area contributed by atoms with E-state index in [1.165, 1.54) is 17.0 Å². The maximum Gasteiger partial charge on any atom is 0.227 e. The Morgan fingerprint density at radius 3 is 2.68 bits per heavy atom. The van der Waals surface area contributed by atoms with Crippen LogP contribution < -0.4 is 0 Å². The largest absolute Gasteiger partial charge is 0.338 e. The first-order valence-electron chi connectivity index (χ1n) is 7.85. The second-order valence-electron chi connectivity index (χ2n) is 5.87. The van der Waals surface area contributed by atoms with Crippen LogP contribution in [-0.2, 0) is 17.8 Å². The van der Waals surface area contributed by atoms with Crippen LogP contribution in [0.5, 0.6) is 0 Å². The number of halogens is 2. The Labute approximate surface area is 150 Å². The predicted octanol–water partition coefficient (Wildman–Crippen LogP) is 3.93. The molecule has 25 heavy (non-hydrogen) atoms. The van der Waals surface area contributed by atoms with Gasteiger partial charge in [0.25, 0.3) is 0 Å². The van der Waals surface area contributed by atoms with Gasteiger partial charge in [0.1, 0.15) is 11.6 Å². The van der Waals surface area contributed by atoms with E-state index in [0.29, 0.717) is 5.82 Å². The van der Waals surface area contributed by atoms with Crippen LogP contribution >= 0.6 is 11.6 Å². The zero-order chi connectivity index (χ0) is 18.0. The van der Waals surface area contributed by atoms with E-state index in [9.17, 15) is 9.18 Å². The number of carbonyl (C=O) groups excluding carboxylic acids is 1. The van der Waals surface area contributed by atoms with Crippen LogP contribution in [-0.4, -0.2) is 27.8 Å². The highest BCUT2D eigenvalue weighted by molar-refractivity contribution is 6.31. The Bertz CT molecular complexity index is 925. The Hall–Kier alpha value is -2.53. The van der Waals surface area contributed by atoms with E-state index in [1.807, 2.05) is 31.2 Å². The van der Waals surface area contributed by atoms with E-state index in [-0.39, 0.29) is 29.5 Å².